The predicted molar refractivity (Wildman–Crippen MR) is 120 cm³/mol. The van der Waals surface area contributed by atoms with Gasteiger partial charge in [-0.15, -0.1) is 0 Å². The normalized spacial score (nSPS) is 11.7. The van der Waals surface area contributed by atoms with Crippen LogP contribution in [-0.2, 0) is 11.3 Å². The Balaban J connectivity index is 1.87. The molecule has 1 unspecified atom stereocenters. The number of hydrogen-bond donors (Lipinski definition) is 3. The fraction of sp³-hybridized carbons (Fsp3) is 0.364. The third-order valence-corrected chi connectivity index (χ3v) is 4.89. The van der Waals surface area contributed by atoms with Gasteiger partial charge < -0.3 is 25.8 Å². The first-order chi connectivity index (χ1) is 15.0. The number of aromatic nitrogens is 3. The van der Waals surface area contributed by atoms with Crippen molar-refractivity contribution in [2.75, 3.05) is 24.9 Å². The number of unbranched alkanes of at least 4 members (excludes halogenated alkanes) is 1. The van der Waals surface area contributed by atoms with E-state index in [2.05, 4.69) is 32.5 Å². The molecular formula is C22H28N6O3. The van der Waals surface area contributed by atoms with Gasteiger partial charge in [-0.05, 0) is 30.7 Å². The lowest BCUT2D eigenvalue weighted by Gasteiger charge is -2.17. The van der Waals surface area contributed by atoms with Crippen molar-refractivity contribution in [3.05, 3.63) is 42.1 Å². The van der Waals surface area contributed by atoms with Crippen molar-refractivity contribution >= 4 is 28.7 Å². The van der Waals surface area contributed by atoms with E-state index in [9.17, 15) is 4.79 Å². The zero-order valence-corrected chi connectivity index (χ0v) is 18.0. The Morgan fingerprint density at radius 3 is 2.74 bits per heavy atom. The van der Waals surface area contributed by atoms with Gasteiger partial charge in [0.05, 0.1) is 19.7 Å². The van der Waals surface area contributed by atoms with E-state index in [0.29, 0.717) is 47.3 Å². The van der Waals surface area contributed by atoms with E-state index in [1.165, 1.54) is 0 Å². The van der Waals surface area contributed by atoms with Crippen LogP contribution in [0.5, 0.6) is 11.5 Å². The van der Waals surface area contributed by atoms with Gasteiger partial charge in [0.1, 0.15) is 23.1 Å². The zero-order chi connectivity index (χ0) is 22.2. The molecule has 3 aromatic rings. The molecule has 0 aliphatic carbocycles. The van der Waals surface area contributed by atoms with Crippen molar-refractivity contribution in [2.24, 2.45) is 5.73 Å². The van der Waals surface area contributed by atoms with Crippen molar-refractivity contribution in [3.8, 4) is 11.5 Å². The molecule has 3 rings (SSSR count). The smallest absolute Gasteiger partial charge is 0.239 e. The van der Waals surface area contributed by atoms with E-state index in [-0.39, 0.29) is 0 Å². The molecule has 0 spiro atoms. The largest absolute Gasteiger partial charge is 0.497 e. The minimum absolute atomic E-state index is 0.402. The van der Waals surface area contributed by atoms with Crippen LogP contribution in [0.15, 0.2) is 36.5 Å². The van der Waals surface area contributed by atoms with Gasteiger partial charge in [0.25, 0.3) is 0 Å². The number of pyridine rings is 1. The molecule has 2 heterocycles. The van der Waals surface area contributed by atoms with Crippen LogP contribution in [0.3, 0.4) is 0 Å². The molecule has 9 nitrogen and oxygen atoms in total. The number of rotatable bonds is 11. The van der Waals surface area contributed by atoms with E-state index in [1.807, 2.05) is 24.3 Å². The summed E-state index contributed by atoms with van der Waals surface area (Å²) in [6.07, 6.45) is 4.12. The number of benzene rings is 1. The summed E-state index contributed by atoms with van der Waals surface area (Å²) in [4.78, 5) is 25.4. The maximum atomic E-state index is 11.9. The average Bonchev–Trinajstić information content (AvgIpc) is 2.79. The highest BCUT2D eigenvalue weighted by atomic mass is 16.5. The Hall–Kier alpha value is -3.62. The summed E-state index contributed by atoms with van der Waals surface area (Å²) in [5, 5.41) is 6.39. The third kappa shape index (κ3) is 5.50. The van der Waals surface area contributed by atoms with Crippen molar-refractivity contribution in [1.29, 1.82) is 0 Å². The van der Waals surface area contributed by atoms with Crippen LogP contribution in [0.1, 0.15) is 31.7 Å². The van der Waals surface area contributed by atoms with Crippen LogP contribution < -0.4 is 25.8 Å². The fourth-order valence-corrected chi connectivity index (χ4v) is 3.18. The summed E-state index contributed by atoms with van der Waals surface area (Å²) < 4.78 is 10.7. The molecule has 0 bridgehead atoms. The molecule has 1 atom stereocenters. The Morgan fingerprint density at radius 2 is 2.03 bits per heavy atom. The SMILES string of the molecule is CCCCC(Nc1nc(NCc2ccc(OC)cc2OC)nc2cccnc12)C(N)=O. The second kappa shape index (κ2) is 10.4. The molecule has 9 heteroatoms. The second-order valence-corrected chi connectivity index (χ2v) is 7.04. The summed E-state index contributed by atoms with van der Waals surface area (Å²) in [6, 6.07) is 8.72. The van der Waals surface area contributed by atoms with Crippen molar-refractivity contribution in [2.45, 2.75) is 38.8 Å². The van der Waals surface area contributed by atoms with Crippen LogP contribution in [0.4, 0.5) is 11.8 Å². The summed E-state index contributed by atoms with van der Waals surface area (Å²) in [7, 11) is 3.22. The van der Waals surface area contributed by atoms with Crippen molar-refractivity contribution in [1.82, 2.24) is 15.0 Å². The van der Waals surface area contributed by atoms with Crippen LogP contribution in [0, 0.1) is 0 Å². The second-order valence-electron chi connectivity index (χ2n) is 7.04. The summed E-state index contributed by atoms with van der Waals surface area (Å²) in [5.41, 5.74) is 7.75. The highest BCUT2D eigenvalue weighted by Crippen LogP contribution is 2.26. The average molecular weight is 425 g/mol. The van der Waals surface area contributed by atoms with Gasteiger partial charge in [-0.2, -0.15) is 4.98 Å². The number of amides is 1. The standard InChI is InChI=1S/C22H28N6O3/c1-4-5-7-17(20(23)29)26-21-19-16(8-6-11-24-19)27-22(28-21)25-13-14-9-10-15(30-2)12-18(14)31-3/h6,8-12,17H,4-5,7,13H2,1-3H3,(H2,23,29)(H2,25,26,27,28). The quantitative estimate of drug-likeness (QED) is 0.429. The first kappa shape index (κ1) is 22.1. The van der Waals surface area contributed by atoms with Gasteiger partial charge in [0.2, 0.25) is 11.9 Å². The van der Waals surface area contributed by atoms with Gasteiger partial charge in [-0.25, -0.2) is 4.98 Å². The number of fused-ring (bicyclic) bond motifs is 1. The van der Waals surface area contributed by atoms with E-state index in [0.717, 1.165) is 18.4 Å². The molecular weight excluding hydrogens is 396 g/mol. The van der Waals surface area contributed by atoms with E-state index >= 15 is 0 Å². The van der Waals surface area contributed by atoms with Gasteiger partial charge in [0.15, 0.2) is 5.82 Å². The maximum absolute atomic E-state index is 11.9. The van der Waals surface area contributed by atoms with E-state index in [1.54, 1.807) is 26.5 Å². The molecule has 1 aromatic carbocycles. The lowest BCUT2D eigenvalue weighted by molar-refractivity contribution is -0.118. The summed E-state index contributed by atoms with van der Waals surface area (Å²) in [5.74, 6) is 1.86. The number of nitrogens with one attached hydrogen (secondary N) is 2. The molecule has 31 heavy (non-hydrogen) atoms. The highest BCUT2D eigenvalue weighted by Gasteiger charge is 2.18. The fourth-order valence-electron chi connectivity index (χ4n) is 3.18. The first-order valence-corrected chi connectivity index (χ1v) is 10.2. The Labute approximate surface area is 181 Å². The number of anilines is 2. The lowest BCUT2D eigenvalue weighted by Crippen LogP contribution is -2.35. The van der Waals surface area contributed by atoms with E-state index in [4.69, 9.17) is 15.2 Å². The van der Waals surface area contributed by atoms with Crippen LogP contribution in [0.2, 0.25) is 0 Å². The summed E-state index contributed by atoms with van der Waals surface area (Å²) in [6.45, 7) is 2.50. The zero-order valence-electron chi connectivity index (χ0n) is 18.0. The monoisotopic (exact) mass is 424 g/mol. The molecule has 1 amide bonds. The van der Waals surface area contributed by atoms with Gasteiger partial charge in [-0.1, -0.05) is 19.8 Å². The predicted octanol–water partition coefficient (Wildman–Crippen LogP) is 3.11. The Morgan fingerprint density at radius 1 is 1.19 bits per heavy atom. The number of methoxy groups -OCH3 is 2. The number of primary amides is 1. The van der Waals surface area contributed by atoms with Crippen LogP contribution in [0.25, 0.3) is 11.0 Å². The highest BCUT2D eigenvalue weighted by molar-refractivity contribution is 5.89. The van der Waals surface area contributed by atoms with Crippen molar-refractivity contribution in [3.63, 3.8) is 0 Å². The third-order valence-electron chi connectivity index (χ3n) is 4.89. The lowest BCUT2D eigenvalue weighted by atomic mass is 10.1. The molecule has 0 fully saturated rings. The number of carbonyl (C=O) groups is 1. The molecule has 164 valence electrons. The minimum Gasteiger partial charge on any atom is -0.497 e. The van der Waals surface area contributed by atoms with Crippen LogP contribution >= 0.6 is 0 Å². The molecule has 4 N–H and O–H groups in total. The molecule has 0 saturated carbocycles. The van der Waals surface area contributed by atoms with Crippen LogP contribution in [-0.4, -0.2) is 41.1 Å². The Bertz CT molecular complexity index is 1040. The molecule has 0 radical (unpaired) electrons. The van der Waals surface area contributed by atoms with Gasteiger partial charge >= 0.3 is 0 Å². The number of hydrogen-bond acceptors (Lipinski definition) is 8. The molecule has 0 aliphatic heterocycles. The molecule has 0 saturated heterocycles. The van der Waals surface area contributed by atoms with Gasteiger partial charge in [-0.3, -0.25) is 9.78 Å². The van der Waals surface area contributed by atoms with Crippen molar-refractivity contribution < 1.29 is 14.3 Å². The van der Waals surface area contributed by atoms with E-state index < -0.39 is 11.9 Å². The molecule has 0 aliphatic rings. The number of nitrogens with zero attached hydrogens (tertiary/aromatic N) is 3. The maximum Gasteiger partial charge on any atom is 0.239 e. The van der Waals surface area contributed by atoms with Gasteiger partial charge in [0, 0.05) is 24.4 Å². The number of nitrogens with two attached hydrogens (primary N) is 1. The topological polar surface area (TPSA) is 124 Å². The number of carbonyl (C=O) groups excluding carboxylic acids is 1. The minimum atomic E-state index is -0.533. The molecule has 2 aromatic heterocycles. The number of ether oxygens (including phenoxy) is 2. The summed E-state index contributed by atoms with van der Waals surface area (Å²) >= 11 is 0. The Kier molecular flexibility index (Phi) is 7.42. The first-order valence-electron chi connectivity index (χ1n) is 10.2.